The normalized spacial score (nSPS) is 16.6. The molecule has 1 saturated heterocycles. The van der Waals surface area contributed by atoms with Gasteiger partial charge in [-0.05, 0) is 17.7 Å². The van der Waals surface area contributed by atoms with Gasteiger partial charge in [0.2, 0.25) is 0 Å². The Morgan fingerprint density at radius 3 is 2.72 bits per heavy atom. The van der Waals surface area contributed by atoms with Crippen LogP contribution in [-0.2, 0) is 26.0 Å². The van der Waals surface area contributed by atoms with Crippen molar-refractivity contribution < 1.29 is 22.4 Å². The molecule has 0 aliphatic carbocycles. The maximum atomic E-state index is 13.8. The Morgan fingerprint density at radius 1 is 1.50 bits per heavy atom. The summed E-state index contributed by atoms with van der Waals surface area (Å²) >= 11 is 0. The summed E-state index contributed by atoms with van der Waals surface area (Å²) in [4.78, 5) is 4.37. The maximum Gasteiger partial charge on any atom is 0.188 e. The van der Waals surface area contributed by atoms with Crippen LogP contribution in [0.2, 0.25) is 0 Å². The van der Waals surface area contributed by atoms with E-state index >= 15 is 0 Å². The fraction of sp³-hybridized carbons (Fsp3) is 0.455. The molecule has 1 aliphatic heterocycles. The molecular formula is C11H14FNO4S. The van der Waals surface area contributed by atoms with Gasteiger partial charge in [0.25, 0.3) is 0 Å². The van der Waals surface area contributed by atoms with Gasteiger partial charge < -0.3 is 9.57 Å². The molecule has 1 aliphatic rings. The largest absolute Gasteiger partial charge is 0.379 e. The third-order valence-electron chi connectivity index (χ3n) is 2.77. The number of sulfone groups is 1. The lowest BCUT2D eigenvalue weighted by atomic mass is 10.2. The molecule has 7 heteroatoms. The highest BCUT2D eigenvalue weighted by Crippen LogP contribution is 2.24. The van der Waals surface area contributed by atoms with Crippen molar-refractivity contribution in [3.05, 3.63) is 29.6 Å². The highest BCUT2D eigenvalue weighted by Gasteiger charge is 2.35. The SMILES string of the molecule is CONCc1ccc(S(=O)(=O)C2COC2)c(F)c1. The van der Waals surface area contributed by atoms with Crippen LogP contribution in [0.15, 0.2) is 23.1 Å². The lowest BCUT2D eigenvalue weighted by Gasteiger charge is -2.25. The molecule has 1 heterocycles. The smallest absolute Gasteiger partial charge is 0.188 e. The van der Waals surface area contributed by atoms with E-state index in [1.54, 1.807) is 6.07 Å². The molecule has 0 spiro atoms. The molecule has 1 N–H and O–H groups in total. The van der Waals surface area contributed by atoms with E-state index in [1.165, 1.54) is 19.2 Å². The second kappa shape index (κ2) is 5.31. The number of hydrogen-bond acceptors (Lipinski definition) is 5. The van der Waals surface area contributed by atoms with E-state index in [0.717, 1.165) is 0 Å². The second-order valence-electron chi connectivity index (χ2n) is 3.99. The molecule has 18 heavy (non-hydrogen) atoms. The molecule has 0 bridgehead atoms. The quantitative estimate of drug-likeness (QED) is 0.799. The molecule has 1 fully saturated rings. The average Bonchev–Trinajstić information content (AvgIpc) is 2.22. The van der Waals surface area contributed by atoms with Crippen LogP contribution >= 0.6 is 0 Å². The number of halogens is 1. The highest BCUT2D eigenvalue weighted by molar-refractivity contribution is 7.92. The molecule has 0 radical (unpaired) electrons. The summed E-state index contributed by atoms with van der Waals surface area (Å²) in [6.07, 6.45) is 0. The van der Waals surface area contributed by atoms with Gasteiger partial charge in [-0.3, -0.25) is 0 Å². The zero-order valence-electron chi connectivity index (χ0n) is 9.85. The molecule has 0 unspecified atom stereocenters. The van der Waals surface area contributed by atoms with Crippen LogP contribution in [0.25, 0.3) is 0 Å². The Hall–Kier alpha value is -1.02. The first-order chi connectivity index (χ1) is 8.55. The van der Waals surface area contributed by atoms with E-state index in [1.807, 2.05) is 0 Å². The lowest BCUT2D eigenvalue weighted by Crippen LogP contribution is -2.40. The van der Waals surface area contributed by atoms with E-state index in [-0.39, 0.29) is 18.1 Å². The Kier molecular flexibility index (Phi) is 3.96. The van der Waals surface area contributed by atoms with Crippen molar-refractivity contribution in [2.24, 2.45) is 0 Å². The van der Waals surface area contributed by atoms with Crippen molar-refractivity contribution in [1.29, 1.82) is 0 Å². The Balaban J connectivity index is 2.24. The standard InChI is InChI=1S/C11H14FNO4S/c1-16-13-5-8-2-3-11(10(12)4-8)18(14,15)9-6-17-7-9/h2-4,9,13H,5-7H2,1H3. The molecule has 0 amide bonds. The van der Waals surface area contributed by atoms with Gasteiger partial charge in [-0.1, -0.05) is 6.07 Å². The molecule has 2 rings (SSSR count). The van der Waals surface area contributed by atoms with Crippen molar-refractivity contribution in [2.45, 2.75) is 16.7 Å². The number of nitrogens with one attached hydrogen (secondary N) is 1. The molecule has 100 valence electrons. The number of hydrogen-bond donors (Lipinski definition) is 1. The molecular weight excluding hydrogens is 261 g/mol. The minimum Gasteiger partial charge on any atom is -0.379 e. The lowest BCUT2D eigenvalue weighted by molar-refractivity contribution is 0.0415. The van der Waals surface area contributed by atoms with Crippen molar-refractivity contribution in [2.75, 3.05) is 20.3 Å². The monoisotopic (exact) mass is 275 g/mol. The number of hydroxylamine groups is 1. The zero-order valence-corrected chi connectivity index (χ0v) is 10.7. The number of benzene rings is 1. The Bertz CT molecular complexity index is 528. The van der Waals surface area contributed by atoms with E-state index < -0.39 is 20.9 Å². The topological polar surface area (TPSA) is 64.6 Å². The number of rotatable bonds is 5. The summed E-state index contributed by atoms with van der Waals surface area (Å²) in [6.45, 7) is 0.573. The first kappa shape index (κ1) is 13.4. The van der Waals surface area contributed by atoms with Crippen molar-refractivity contribution >= 4 is 9.84 Å². The summed E-state index contributed by atoms with van der Waals surface area (Å²) in [6, 6.07) is 4.04. The minimum atomic E-state index is -3.62. The average molecular weight is 275 g/mol. The van der Waals surface area contributed by atoms with Gasteiger partial charge in [0.15, 0.2) is 9.84 Å². The van der Waals surface area contributed by atoms with Crippen LogP contribution in [0.1, 0.15) is 5.56 Å². The van der Waals surface area contributed by atoms with Crippen LogP contribution in [0.4, 0.5) is 4.39 Å². The Morgan fingerprint density at radius 2 is 2.22 bits per heavy atom. The van der Waals surface area contributed by atoms with Gasteiger partial charge in [0, 0.05) is 6.54 Å². The Labute approximate surface area is 105 Å². The van der Waals surface area contributed by atoms with E-state index in [2.05, 4.69) is 10.3 Å². The summed E-state index contributed by atoms with van der Waals surface area (Å²) < 4.78 is 42.6. The first-order valence-electron chi connectivity index (χ1n) is 5.41. The summed E-state index contributed by atoms with van der Waals surface area (Å²) in [5.74, 6) is -0.739. The van der Waals surface area contributed by atoms with Crippen molar-refractivity contribution in [1.82, 2.24) is 5.48 Å². The molecule has 0 aromatic heterocycles. The van der Waals surface area contributed by atoms with Gasteiger partial charge in [-0.25, -0.2) is 12.8 Å². The molecule has 5 nitrogen and oxygen atoms in total. The van der Waals surface area contributed by atoms with E-state index in [9.17, 15) is 12.8 Å². The zero-order chi connectivity index (χ0) is 13.2. The van der Waals surface area contributed by atoms with Gasteiger partial charge in [0.05, 0.1) is 20.3 Å². The molecule has 1 aromatic carbocycles. The first-order valence-corrected chi connectivity index (χ1v) is 6.96. The predicted molar refractivity (Wildman–Crippen MR) is 62.0 cm³/mol. The fourth-order valence-electron chi connectivity index (χ4n) is 1.61. The van der Waals surface area contributed by atoms with Gasteiger partial charge in [-0.15, -0.1) is 0 Å². The van der Waals surface area contributed by atoms with Crippen molar-refractivity contribution in [3.63, 3.8) is 0 Å². The van der Waals surface area contributed by atoms with Crippen molar-refractivity contribution in [3.8, 4) is 0 Å². The predicted octanol–water partition coefficient (Wildman–Crippen LogP) is 0.649. The van der Waals surface area contributed by atoms with E-state index in [0.29, 0.717) is 12.1 Å². The second-order valence-corrected chi connectivity index (χ2v) is 6.19. The molecule has 0 saturated carbocycles. The van der Waals surface area contributed by atoms with Crippen LogP contribution in [0.5, 0.6) is 0 Å². The minimum absolute atomic E-state index is 0.134. The van der Waals surface area contributed by atoms with Gasteiger partial charge >= 0.3 is 0 Å². The maximum absolute atomic E-state index is 13.8. The summed E-state index contributed by atoms with van der Waals surface area (Å²) in [5.41, 5.74) is 3.17. The van der Waals surface area contributed by atoms with Gasteiger partial charge in [0.1, 0.15) is 16.0 Å². The molecule has 1 aromatic rings. The third kappa shape index (κ3) is 2.54. The highest BCUT2D eigenvalue weighted by atomic mass is 32.2. The fourth-order valence-corrected chi connectivity index (χ4v) is 3.11. The van der Waals surface area contributed by atoms with Crippen LogP contribution in [0.3, 0.4) is 0 Å². The third-order valence-corrected chi connectivity index (χ3v) is 4.86. The number of ether oxygens (including phenoxy) is 1. The summed E-state index contributed by atoms with van der Waals surface area (Å²) in [7, 11) is -2.17. The van der Waals surface area contributed by atoms with Crippen LogP contribution < -0.4 is 5.48 Å². The van der Waals surface area contributed by atoms with Crippen LogP contribution in [-0.4, -0.2) is 34.0 Å². The van der Waals surface area contributed by atoms with Gasteiger partial charge in [-0.2, -0.15) is 5.48 Å². The molecule has 0 atom stereocenters. The van der Waals surface area contributed by atoms with Crippen LogP contribution in [0, 0.1) is 5.82 Å². The van der Waals surface area contributed by atoms with E-state index in [4.69, 9.17) is 4.74 Å². The summed E-state index contributed by atoms with van der Waals surface area (Å²) in [5, 5.41) is -0.630.